The number of aliphatic hydroxyl groups excluding tert-OH is 1. The molecule has 1 fully saturated rings. The van der Waals surface area contributed by atoms with Crippen molar-refractivity contribution in [1.29, 1.82) is 0 Å². The third kappa shape index (κ3) is 5.32. The molecule has 3 aromatic carbocycles. The third-order valence-corrected chi connectivity index (χ3v) is 10.2. The topological polar surface area (TPSA) is 89.7 Å². The molecule has 0 bridgehead atoms. The van der Waals surface area contributed by atoms with E-state index in [0.29, 0.717) is 25.9 Å². The molecule has 6 rings (SSSR count). The van der Waals surface area contributed by atoms with Crippen LogP contribution in [-0.2, 0) is 40.1 Å². The minimum atomic E-state index is -1.11. The summed E-state index contributed by atoms with van der Waals surface area (Å²) < 4.78 is 15.6. The molecule has 1 amide bonds. The number of halogens is 1. The number of fused-ring (bicyclic) bond motifs is 2. The molecule has 4 aromatic rings. The molecule has 4 atom stereocenters. The minimum Gasteiger partial charge on any atom is -0.497 e. The lowest BCUT2D eigenvalue weighted by Gasteiger charge is -2.38. The van der Waals surface area contributed by atoms with Crippen molar-refractivity contribution in [2.24, 2.45) is 11.8 Å². The molecule has 8 nitrogen and oxygen atoms in total. The fourth-order valence-corrected chi connectivity index (χ4v) is 8.06. The lowest BCUT2D eigenvalue weighted by molar-refractivity contribution is -0.146. The number of amides is 1. The number of aryl methyl sites for hydroxylation is 1. The highest BCUT2D eigenvalue weighted by molar-refractivity contribution is 14.1. The van der Waals surface area contributed by atoms with Crippen LogP contribution in [0.1, 0.15) is 49.6 Å². The summed E-state index contributed by atoms with van der Waals surface area (Å²) in [5.41, 5.74) is 3.41. The SMILES string of the molecule is COc1ccc(C(C)(C)[C@H]2[C@H](CCn3cc(CCO)nn3)O[C@@]3(C(=O)N(Cc4cccc(I)c4)c4ccccc43)[C@@H]2C)cc1. The van der Waals surface area contributed by atoms with Gasteiger partial charge in [-0.15, -0.1) is 5.10 Å². The Kier molecular flexibility index (Phi) is 8.56. The molecule has 1 spiro atoms. The zero-order chi connectivity index (χ0) is 31.1. The Bertz CT molecular complexity index is 1640. The number of para-hydroxylation sites is 1. The number of carbonyl (C=O) groups excluding carboxylic acids is 1. The second-order valence-electron chi connectivity index (χ2n) is 12.4. The number of aromatic nitrogens is 3. The predicted octanol–water partition coefficient (Wildman–Crippen LogP) is 5.89. The van der Waals surface area contributed by atoms with E-state index in [1.807, 2.05) is 52.2 Å². The molecule has 1 N–H and O–H groups in total. The first-order valence-electron chi connectivity index (χ1n) is 15.2. The van der Waals surface area contributed by atoms with Crippen LogP contribution in [0.4, 0.5) is 5.69 Å². The number of ether oxygens (including phenoxy) is 2. The summed E-state index contributed by atoms with van der Waals surface area (Å²) in [6.07, 6.45) is 2.77. The molecule has 0 radical (unpaired) electrons. The van der Waals surface area contributed by atoms with E-state index < -0.39 is 5.60 Å². The molecule has 9 heteroatoms. The lowest BCUT2D eigenvalue weighted by atomic mass is 9.63. The maximum Gasteiger partial charge on any atom is 0.264 e. The van der Waals surface area contributed by atoms with Crippen LogP contribution < -0.4 is 9.64 Å². The maximum absolute atomic E-state index is 14.8. The van der Waals surface area contributed by atoms with Crippen molar-refractivity contribution in [3.8, 4) is 5.75 Å². The van der Waals surface area contributed by atoms with Crippen LogP contribution in [0.5, 0.6) is 5.75 Å². The number of hydrogen-bond donors (Lipinski definition) is 1. The van der Waals surface area contributed by atoms with E-state index in [-0.39, 0.29) is 35.9 Å². The monoisotopic (exact) mass is 706 g/mol. The maximum atomic E-state index is 14.8. The van der Waals surface area contributed by atoms with Crippen LogP contribution in [0.25, 0.3) is 0 Å². The molecule has 3 heterocycles. The van der Waals surface area contributed by atoms with Crippen LogP contribution in [0, 0.1) is 15.4 Å². The zero-order valence-corrected chi connectivity index (χ0v) is 27.8. The molecule has 1 aromatic heterocycles. The second kappa shape index (κ2) is 12.3. The van der Waals surface area contributed by atoms with Gasteiger partial charge in [0, 0.05) is 46.7 Å². The fourth-order valence-electron chi connectivity index (χ4n) is 7.45. The van der Waals surface area contributed by atoms with Gasteiger partial charge in [-0.25, -0.2) is 0 Å². The van der Waals surface area contributed by atoms with Gasteiger partial charge in [0.05, 0.1) is 31.1 Å². The highest BCUT2D eigenvalue weighted by atomic mass is 127. The highest BCUT2D eigenvalue weighted by Crippen LogP contribution is 2.59. The average molecular weight is 707 g/mol. The molecule has 2 aliphatic rings. The third-order valence-electron chi connectivity index (χ3n) is 9.57. The zero-order valence-electron chi connectivity index (χ0n) is 25.6. The van der Waals surface area contributed by atoms with Crippen LogP contribution in [-0.4, -0.2) is 45.8 Å². The van der Waals surface area contributed by atoms with Gasteiger partial charge in [0.15, 0.2) is 5.60 Å². The summed E-state index contributed by atoms with van der Waals surface area (Å²) in [6, 6.07) is 24.7. The van der Waals surface area contributed by atoms with Crippen molar-refractivity contribution < 1.29 is 19.4 Å². The van der Waals surface area contributed by atoms with Gasteiger partial charge in [-0.05, 0) is 75.9 Å². The van der Waals surface area contributed by atoms with Crippen molar-refractivity contribution in [3.63, 3.8) is 0 Å². The number of anilines is 1. The summed E-state index contributed by atoms with van der Waals surface area (Å²) in [7, 11) is 1.67. The van der Waals surface area contributed by atoms with Gasteiger partial charge < -0.3 is 19.5 Å². The van der Waals surface area contributed by atoms with Gasteiger partial charge >= 0.3 is 0 Å². The molecular formula is C35H39IN4O4. The summed E-state index contributed by atoms with van der Waals surface area (Å²) >= 11 is 2.32. The van der Waals surface area contributed by atoms with E-state index in [2.05, 4.69) is 90.1 Å². The van der Waals surface area contributed by atoms with Crippen molar-refractivity contribution in [1.82, 2.24) is 15.0 Å². The van der Waals surface area contributed by atoms with Crippen LogP contribution in [0.15, 0.2) is 79.0 Å². The summed E-state index contributed by atoms with van der Waals surface area (Å²) in [4.78, 5) is 16.7. The molecule has 44 heavy (non-hydrogen) atoms. The fraction of sp³-hybridized carbons (Fsp3) is 0.400. The van der Waals surface area contributed by atoms with Gasteiger partial charge in [0.2, 0.25) is 0 Å². The van der Waals surface area contributed by atoms with E-state index in [9.17, 15) is 9.90 Å². The molecule has 0 saturated carbocycles. The second-order valence-corrected chi connectivity index (χ2v) is 13.7. The first kappa shape index (κ1) is 30.7. The molecular weight excluding hydrogens is 667 g/mol. The van der Waals surface area contributed by atoms with Gasteiger partial charge in [-0.1, -0.05) is 68.4 Å². The summed E-state index contributed by atoms with van der Waals surface area (Å²) in [6.45, 7) is 7.80. The minimum absolute atomic E-state index is 0.00548. The Morgan fingerprint density at radius 2 is 1.86 bits per heavy atom. The van der Waals surface area contributed by atoms with Gasteiger partial charge in [0.1, 0.15) is 5.75 Å². The number of benzene rings is 3. The molecule has 0 aliphatic carbocycles. The van der Waals surface area contributed by atoms with Crippen molar-refractivity contribution in [2.75, 3.05) is 18.6 Å². The van der Waals surface area contributed by atoms with E-state index in [1.54, 1.807) is 7.11 Å². The molecule has 2 aliphatic heterocycles. The van der Waals surface area contributed by atoms with Gasteiger partial charge in [-0.3, -0.25) is 9.48 Å². The Hall–Kier alpha value is -3.28. The van der Waals surface area contributed by atoms with Crippen molar-refractivity contribution in [2.45, 2.75) is 63.8 Å². The number of nitrogens with zero attached hydrogens (tertiary/aromatic N) is 4. The van der Waals surface area contributed by atoms with E-state index in [0.717, 1.165) is 31.8 Å². The first-order chi connectivity index (χ1) is 21.2. The molecule has 1 saturated heterocycles. The Balaban J connectivity index is 1.40. The summed E-state index contributed by atoms with van der Waals surface area (Å²) in [5.74, 6) is 0.684. The largest absolute Gasteiger partial charge is 0.497 e. The van der Waals surface area contributed by atoms with Gasteiger partial charge in [0.25, 0.3) is 5.91 Å². The van der Waals surface area contributed by atoms with Crippen LogP contribution in [0.2, 0.25) is 0 Å². The smallest absolute Gasteiger partial charge is 0.264 e. The van der Waals surface area contributed by atoms with Crippen LogP contribution >= 0.6 is 22.6 Å². The normalized spacial score (nSPS) is 23.0. The van der Waals surface area contributed by atoms with Crippen molar-refractivity contribution in [3.05, 3.63) is 105 Å². The molecule has 230 valence electrons. The Morgan fingerprint density at radius 1 is 1.09 bits per heavy atom. The number of carbonyl (C=O) groups is 1. The van der Waals surface area contributed by atoms with Gasteiger partial charge in [-0.2, -0.15) is 0 Å². The standard InChI is InChI=1S/C35H39IN4O4/c1-23-32(34(2,3)25-12-14-28(43-4)15-13-25)31(16-18-39-22-27(17-19-41)37-38-39)44-35(23)29-10-5-6-11-30(29)40(33(35)42)21-24-8-7-9-26(36)20-24/h5-15,20,22-23,31-32,41H,16-19,21H2,1-4H3/t23-,31+,32-,35+/m1/s1. The average Bonchev–Trinajstić information content (AvgIpc) is 3.67. The Labute approximate surface area is 272 Å². The predicted molar refractivity (Wildman–Crippen MR) is 177 cm³/mol. The summed E-state index contributed by atoms with van der Waals surface area (Å²) in [5, 5.41) is 17.8. The number of hydrogen-bond acceptors (Lipinski definition) is 6. The van der Waals surface area contributed by atoms with Crippen molar-refractivity contribution >= 4 is 34.2 Å². The Morgan fingerprint density at radius 3 is 2.59 bits per heavy atom. The van der Waals surface area contributed by atoms with E-state index in [1.165, 1.54) is 5.56 Å². The lowest BCUT2D eigenvalue weighted by Crippen LogP contribution is -2.45. The highest BCUT2D eigenvalue weighted by Gasteiger charge is 2.65. The number of aliphatic hydroxyl groups is 1. The number of rotatable bonds is 10. The molecule has 0 unspecified atom stereocenters. The van der Waals surface area contributed by atoms with Crippen LogP contribution in [0.3, 0.4) is 0 Å². The number of methoxy groups -OCH3 is 1. The first-order valence-corrected chi connectivity index (χ1v) is 16.2. The quantitative estimate of drug-likeness (QED) is 0.207. The van der Waals surface area contributed by atoms with E-state index >= 15 is 0 Å². The van der Waals surface area contributed by atoms with E-state index in [4.69, 9.17) is 9.47 Å².